The number of halogens is 1. The predicted molar refractivity (Wildman–Crippen MR) is 84.5 cm³/mol. The first-order chi connectivity index (χ1) is 9.74. The van der Waals surface area contributed by atoms with E-state index in [1.165, 1.54) is 12.2 Å². The summed E-state index contributed by atoms with van der Waals surface area (Å²) in [5, 5.41) is 4.40. The molecule has 104 valence electrons. The lowest BCUT2D eigenvalue weighted by atomic mass is 10.1. The highest BCUT2D eigenvalue weighted by molar-refractivity contribution is 7.99. The Bertz CT molecular complexity index is 641. The van der Waals surface area contributed by atoms with E-state index in [9.17, 15) is 4.79 Å². The lowest BCUT2D eigenvalue weighted by Crippen LogP contribution is -2.29. The van der Waals surface area contributed by atoms with Gasteiger partial charge < -0.3 is 5.32 Å². The minimum Gasteiger partial charge on any atom is -0.350 e. The number of rotatable bonds is 3. The number of nitrogens with one attached hydrogen (secondary N) is 1. The monoisotopic (exact) mass is 306 g/mol. The van der Waals surface area contributed by atoms with E-state index in [2.05, 4.69) is 10.3 Å². The standard InChI is InChI=1S/C15H15ClN2OS/c16-12-7-14(18-13-4-2-1-3-11(12)13)15(19)17-8-10-5-6-20-9-10/h1-4,7,10H,5-6,8-9H2,(H,17,19). The van der Waals surface area contributed by atoms with Crippen LogP contribution in [0.15, 0.2) is 30.3 Å². The number of para-hydroxylation sites is 1. The van der Waals surface area contributed by atoms with E-state index in [-0.39, 0.29) is 5.91 Å². The van der Waals surface area contributed by atoms with Crippen LogP contribution in [0.1, 0.15) is 16.9 Å². The Hall–Kier alpha value is -1.26. The highest BCUT2D eigenvalue weighted by Crippen LogP contribution is 2.24. The van der Waals surface area contributed by atoms with Crippen LogP contribution in [0.4, 0.5) is 0 Å². The Morgan fingerprint density at radius 2 is 2.30 bits per heavy atom. The fraction of sp³-hybridized carbons (Fsp3) is 0.333. The van der Waals surface area contributed by atoms with Crippen LogP contribution in [0, 0.1) is 5.92 Å². The number of pyridine rings is 1. The second-order valence-electron chi connectivity index (χ2n) is 4.95. The van der Waals surface area contributed by atoms with Gasteiger partial charge in [-0.15, -0.1) is 0 Å². The van der Waals surface area contributed by atoms with Crippen molar-refractivity contribution >= 4 is 40.2 Å². The van der Waals surface area contributed by atoms with Gasteiger partial charge in [-0.3, -0.25) is 4.79 Å². The molecule has 0 saturated carbocycles. The Morgan fingerprint density at radius 3 is 3.10 bits per heavy atom. The van der Waals surface area contributed by atoms with Crippen LogP contribution in [-0.4, -0.2) is 28.9 Å². The Kier molecular flexibility index (Phi) is 4.13. The fourth-order valence-electron chi connectivity index (χ4n) is 2.32. The van der Waals surface area contributed by atoms with E-state index in [0.717, 1.165) is 23.2 Å². The highest BCUT2D eigenvalue weighted by atomic mass is 35.5. The van der Waals surface area contributed by atoms with Gasteiger partial charge >= 0.3 is 0 Å². The molecule has 1 atom stereocenters. The SMILES string of the molecule is O=C(NCC1CCSC1)c1cc(Cl)c2ccccc2n1. The first kappa shape index (κ1) is 13.7. The van der Waals surface area contributed by atoms with Crippen LogP contribution in [0.25, 0.3) is 10.9 Å². The molecular weight excluding hydrogens is 292 g/mol. The normalized spacial score (nSPS) is 18.4. The Labute approximate surface area is 127 Å². The molecule has 1 N–H and O–H groups in total. The molecular formula is C15H15ClN2OS. The van der Waals surface area contributed by atoms with Crippen LogP contribution < -0.4 is 5.32 Å². The van der Waals surface area contributed by atoms with Crippen molar-refractivity contribution in [1.82, 2.24) is 10.3 Å². The molecule has 1 saturated heterocycles. The van der Waals surface area contributed by atoms with Crippen molar-refractivity contribution in [3.8, 4) is 0 Å². The molecule has 0 bridgehead atoms. The topological polar surface area (TPSA) is 42.0 Å². The second kappa shape index (κ2) is 6.02. The van der Waals surface area contributed by atoms with Gasteiger partial charge in [-0.1, -0.05) is 29.8 Å². The molecule has 1 unspecified atom stereocenters. The van der Waals surface area contributed by atoms with Crippen LogP contribution >= 0.6 is 23.4 Å². The molecule has 3 rings (SSSR count). The van der Waals surface area contributed by atoms with Gasteiger partial charge in [0.25, 0.3) is 5.91 Å². The zero-order valence-corrected chi connectivity index (χ0v) is 12.5. The number of hydrogen-bond donors (Lipinski definition) is 1. The number of hydrogen-bond acceptors (Lipinski definition) is 3. The van der Waals surface area contributed by atoms with Crippen LogP contribution in [0.2, 0.25) is 5.02 Å². The largest absolute Gasteiger partial charge is 0.350 e. The summed E-state index contributed by atoms with van der Waals surface area (Å²) in [6.45, 7) is 0.720. The van der Waals surface area contributed by atoms with Crippen molar-refractivity contribution in [3.05, 3.63) is 41.0 Å². The van der Waals surface area contributed by atoms with E-state index in [0.29, 0.717) is 16.6 Å². The van der Waals surface area contributed by atoms with Gasteiger partial charge in [0.1, 0.15) is 5.69 Å². The number of carbonyl (C=O) groups is 1. The maximum Gasteiger partial charge on any atom is 0.269 e. The zero-order valence-electron chi connectivity index (χ0n) is 10.9. The summed E-state index contributed by atoms with van der Waals surface area (Å²) in [6.07, 6.45) is 1.18. The number of nitrogens with zero attached hydrogens (tertiary/aromatic N) is 1. The number of benzene rings is 1. The number of thioether (sulfide) groups is 1. The number of carbonyl (C=O) groups excluding carboxylic acids is 1. The molecule has 0 aliphatic carbocycles. The van der Waals surface area contributed by atoms with Gasteiger partial charge in [-0.2, -0.15) is 11.8 Å². The minimum atomic E-state index is -0.144. The number of aromatic nitrogens is 1. The molecule has 1 fully saturated rings. The molecule has 20 heavy (non-hydrogen) atoms. The van der Waals surface area contributed by atoms with Crippen LogP contribution in [0.5, 0.6) is 0 Å². The van der Waals surface area contributed by atoms with Crippen molar-refractivity contribution in [1.29, 1.82) is 0 Å². The first-order valence-corrected chi connectivity index (χ1v) is 8.18. The molecule has 2 aromatic rings. The van der Waals surface area contributed by atoms with Crippen LogP contribution in [-0.2, 0) is 0 Å². The van der Waals surface area contributed by atoms with Gasteiger partial charge in [0.15, 0.2) is 0 Å². The van der Waals surface area contributed by atoms with Gasteiger partial charge in [0, 0.05) is 11.9 Å². The van der Waals surface area contributed by atoms with Gasteiger partial charge in [-0.05, 0) is 36.0 Å². The van der Waals surface area contributed by atoms with E-state index in [1.807, 2.05) is 36.0 Å². The van der Waals surface area contributed by atoms with E-state index < -0.39 is 0 Å². The zero-order chi connectivity index (χ0) is 13.9. The molecule has 0 radical (unpaired) electrons. The molecule has 1 amide bonds. The van der Waals surface area contributed by atoms with Gasteiger partial charge in [0.2, 0.25) is 0 Å². The van der Waals surface area contributed by atoms with Crippen molar-refractivity contribution in [3.63, 3.8) is 0 Å². The van der Waals surface area contributed by atoms with E-state index in [4.69, 9.17) is 11.6 Å². The minimum absolute atomic E-state index is 0.144. The summed E-state index contributed by atoms with van der Waals surface area (Å²) in [7, 11) is 0. The average Bonchev–Trinajstić information content (AvgIpc) is 2.98. The quantitative estimate of drug-likeness (QED) is 0.945. The van der Waals surface area contributed by atoms with E-state index >= 15 is 0 Å². The summed E-state index contributed by atoms with van der Waals surface area (Å²) >= 11 is 8.16. The Morgan fingerprint density at radius 1 is 1.45 bits per heavy atom. The molecule has 1 aliphatic heterocycles. The summed E-state index contributed by atoms with van der Waals surface area (Å²) in [5.74, 6) is 2.77. The maximum atomic E-state index is 12.2. The highest BCUT2D eigenvalue weighted by Gasteiger charge is 2.17. The van der Waals surface area contributed by atoms with Crippen LogP contribution in [0.3, 0.4) is 0 Å². The second-order valence-corrected chi connectivity index (χ2v) is 6.50. The summed E-state index contributed by atoms with van der Waals surface area (Å²) < 4.78 is 0. The molecule has 1 aliphatic rings. The predicted octanol–water partition coefficient (Wildman–Crippen LogP) is 3.37. The molecule has 2 heterocycles. The number of amides is 1. The summed E-state index contributed by atoms with van der Waals surface area (Å²) in [5.41, 5.74) is 1.14. The number of fused-ring (bicyclic) bond motifs is 1. The van der Waals surface area contributed by atoms with Gasteiger partial charge in [-0.25, -0.2) is 4.98 Å². The molecule has 0 spiro atoms. The van der Waals surface area contributed by atoms with Crippen molar-refractivity contribution in [2.24, 2.45) is 5.92 Å². The molecule has 1 aromatic carbocycles. The van der Waals surface area contributed by atoms with E-state index in [1.54, 1.807) is 6.07 Å². The third kappa shape index (κ3) is 2.91. The smallest absolute Gasteiger partial charge is 0.269 e. The lowest BCUT2D eigenvalue weighted by molar-refractivity contribution is 0.0944. The molecule has 1 aromatic heterocycles. The fourth-order valence-corrected chi connectivity index (χ4v) is 3.87. The summed E-state index contributed by atoms with van der Waals surface area (Å²) in [4.78, 5) is 16.5. The lowest BCUT2D eigenvalue weighted by Gasteiger charge is -2.10. The maximum absolute atomic E-state index is 12.2. The summed E-state index contributed by atoms with van der Waals surface area (Å²) in [6, 6.07) is 9.22. The third-order valence-corrected chi connectivity index (χ3v) is 5.02. The average molecular weight is 307 g/mol. The Balaban J connectivity index is 1.77. The van der Waals surface area contributed by atoms with Crippen molar-refractivity contribution in [2.75, 3.05) is 18.1 Å². The first-order valence-electron chi connectivity index (χ1n) is 6.65. The molecule has 3 nitrogen and oxygen atoms in total. The van der Waals surface area contributed by atoms with Gasteiger partial charge in [0.05, 0.1) is 10.5 Å². The molecule has 5 heteroatoms. The third-order valence-electron chi connectivity index (χ3n) is 3.47. The van der Waals surface area contributed by atoms with Crippen molar-refractivity contribution < 1.29 is 4.79 Å². The van der Waals surface area contributed by atoms with Crippen molar-refractivity contribution in [2.45, 2.75) is 6.42 Å².